The molecule has 3 rings (SSSR count). The summed E-state index contributed by atoms with van der Waals surface area (Å²) in [5.41, 5.74) is 2.32. The molecule has 1 aromatic carbocycles. The Kier molecular flexibility index (Phi) is 4.61. The van der Waals surface area contributed by atoms with Gasteiger partial charge >= 0.3 is 5.97 Å². The Labute approximate surface area is 143 Å². The Morgan fingerprint density at radius 2 is 2.30 bits per heavy atom. The van der Waals surface area contributed by atoms with Gasteiger partial charge in [-0.1, -0.05) is 29.8 Å². The summed E-state index contributed by atoms with van der Waals surface area (Å²) in [4.78, 5) is 23.0. The van der Waals surface area contributed by atoms with Crippen molar-refractivity contribution in [2.75, 3.05) is 6.61 Å². The first-order valence-corrected chi connectivity index (χ1v) is 8.38. The van der Waals surface area contributed by atoms with E-state index in [0.29, 0.717) is 19.0 Å². The third-order valence-electron chi connectivity index (χ3n) is 3.84. The van der Waals surface area contributed by atoms with Crippen LogP contribution in [0.15, 0.2) is 44.9 Å². The van der Waals surface area contributed by atoms with E-state index in [9.17, 15) is 4.79 Å². The molecule has 2 aliphatic heterocycles. The van der Waals surface area contributed by atoms with Gasteiger partial charge in [0.2, 0.25) is 5.96 Å². The molecule has 0 saturated carbocycles. The molecule has 0 spiro atoms. The fourth-order valence-electron chi connectivity index (χ4n) is 2.82. The fourth-order valence-corrected chi connectivity index (χ4v) is 3.14. The van der Waals surface area contributed by atoms with Crippen LogP contribution in [-0.4, -0.2) is 35.7 Å². The maximum atomic E-state index is 12.2. The number of fused-ring (bicyclic) bond motifs is 1. The average molecular weight is 376 g/mol. The summed E-state index contributed by atoms with van der Waals surface area (Å²) in [6.45, 7) is 4.22. The van der Waals surface area contributed by atoms with Gasteiger partial charge in [0.25, 0.3) is 0 Å². The van der Waals surface area contributed by atoms with Gasteiger partial charge in [-0.05, 0) is 35.3 Å². The number of guanidine groups is 1. The van der Waals surface area contributed by atoms with Gasteiger partial charge in [0.15, 0.2) is 6.04 Å². The van der Waals surface area contributed by atoms with Gasteiger partial charge in [-0.25, -0.2) is 14.8 Å². The van der Waals surface area contributed by atoms with E-state index < -0.39 is 6.04 Å². The number of benzene rings is 1. The van der Waals surface area contributed by atoms with Crippen LogP contribution in [0.3, 0.4) is 0 Å². The van der Waals surface area contributed by atoms with E-state index in [1.54, 1.807) is 13.1 Å². The van der Waals surface area contributed by atoms with Crippen molar-refractivity contribution in [3.63, 3.8) is 0 Å². The first kappa shape index (κ1) is 15.9. The van der Waals surface area contributed by atoms with Crippen molar-refractivity contribution < 1.29 is 9.53 Å². The Bertz CT molecular complexity index is 712. The standard InChI is InChI=1S/C17H18BrN3O2/c1-3-23-16(22)14-8-15(12-6-4-5-11(2)7-12)21-10-13(18)9-19-17(21)20-14/h4-7,9-10,14-15H,3,8H2,1-2H3. The number of carbonyl (C=O) groups excluding carboxylic acids is 1. The Morgan fingerprint density at radius 3 is 3.04 bits per heavy atom. The van der Waals surface area contributed by atoms with Crippen molar-refractivity contribution in [2.24, 2.45) is 9.98 Å². The predicted octanol–water partition coefficient (Wildman–Crippen LogP) is 3.35. The van der Waals surface area contributed by atoms with Gasteiger partial charge in [0.1, 0.15) is 0 Å². The summed E-state index contributed by atoms with van der Waals surface area (Å²) in [5.74, 6) is 0.255. The Morgan fingerprint density at radius 1 is 1.48 bits per heavy atom. The summed E-state index contributed by atoms with van der Waals surface area (Å²) < 4.78 is 6.03. The van der Waals surface area contributed by atoms with E-state index in [2.05, 4.69) is 51.0 Å². The first-order chi connectivity index (χ1) is 11.1. The Balaban J connectivity index is 1.99. The molecule has 0 fully saturated rings. The van der Waals surface area contributed by atoms with Crippen LogP contribution in [0.4, 0.5) is 0 Å². The van der Waals surface area contributed by atoms with Gasteiger partial charge in [-0.3, -0.25) is 0 Å². The summed E-state index contributed by atoms with van der Waals surface area (Å²) in [5, 5.41) is 0. The van der Waals surface area contributed by atoms with Crippen molar-refractivity contribution in [3.05, 3.63) is 46.1 Å². The van der Waals surface area contributed by atoms with Gasteiger partial charge in [0, 0.05) is 18.8 Å². The zero-order valence-electron chi connectivity index (χ0n) is 13.1. The van der Waals surface area contributed by atoms with Crippen molar-refractivity contribution in [2.45, 2.75) is 32.4 Å². The lowest BCUT2D eigenvalue weighted by molar-refractivity contribution is -0.145. The van der Waals surface area contributed by atoms with E-state index >= 15 is 0 Å². The van der Waals surface area contributed by atoms with E-state index in [-0.39, 0.29) is 12.0 Å². The molecule has 1 aromatic rings. The molecule has 0 N–H and O–H groups in total. The third-order valence-corrected chi connectivity index (χ3v) is 4.25. The van der Waals surface area contributed by atoms with Gasteiger partial charge in [0.05, 0.1) is 17.1 Å². The quantitative estimate of drug-likeness (QED) is 0.761. The van der Waals surface area contributed by atoms with E-state index in [4.69, 9.17) is 4.74 Å². The molecule has 0 aliphatic carbocycles. The summed E-state index contributed by atoms with van der Waals surface area (Å²) in [6.07, 6.45) is 4.22. The zero-order chi connectivity index (χ0) is 16.4. The number of esters is 1. The number of aliphatic imine (C=N–C) groups is 2. The van der Waals surface area contributed by atoms with Gasteiger partial charge < -0.3 is 9.64 Å². The van der Waals surface area contributed by atoms with Crippen LogP contribution in [0.5, 0.6) is 0 Å². The monoisotopic (exact) mass is 375 g/mol. The van der Waals surface area contributed by atoms with Crippen LogP contribution < -0.4 is 0 Å². The molecule has 0 saturated heterocycles. The number of allylic oxidation sites excluding steroid dienone is 1. The van der Waals surface area contributed by atoms with Crippen LogP contribution in [-0.2, 0) is 9.53 Å². The predicted molar refractivity (Wildman–Crippen MR) is 93.7 cm³/mol. The van der Waals surface area contributed by atoms with Crippen molar-refractivity contribution in [1.82, 2.24) is 4.90 Å². The lowest BCUT2D eigenvalue weighted by Gasteiger charge is -2.37. The topological polar surface area (TPSA) is 54.3 Å². The van der Waals surface area contributed by atoms with E-state index in [1.807, 2.05) is 17.2 Å². The molecule has 5 nitrogen and oxygen atoms in total. The molecular formula is C17H18BrN3O2. The number of rotatable bonds is 3. The molecule has 0 aromatic heterocycles. The second-order valence-corrected chi connectivity index (χ2v) is 6.46. The number of aryl methyl sites for hydroxylation is 1. The van der Waals surface area contributed by atoms with Crippen LogP contribution in [0.25, 0.3) is 0 Å². The zero-order valence-corrected chi connectivity index (χ0v) is 14.7. The van der Waals surface area contributed by atoms with Gasteiger partial charge in [-0.15, -0.1) is 0 Å². The third kappa shape index (κ3) is 3.37. The average Bonchev–Trinajstić information content (AvgIpc) is 2.54. The smallest absolute Gasteiger partial charge is 0.331 e. The second kappa shape index (κ2) is 6.66. The molecule has 2 aliphatic rings. The fraction of sp³-hybridized carbons (Fsp3) is 0.353. The number of hydrogen-bond acceptors (Lipinski definition) is 5. The minimum atomic E-state index is -0.519. The summed E-state index contributed by atoms with van der Waals surface area (Å²) in [6, 6.07) is 7.78. The normalized spacial score (nSPS) is 23.0. The number of ether oxygens (including phenoxy) is 1. The minimum Gasteiger partial charge on any atom is -0.464 e. The molecule has 0 radical (unpaired) electrons. The van der Waals surface area contributed by atoms with Gasteiger partial charge in [-0.2, -0.15) is 0 Å². The molecular weight excluding hydrogens is 358 g/mol. The number of carbonyl (C=O) groups is 1. The van der Waals surface area contributed by atoms with Crippen LogP contribution in [0, 0.1) is 6.92 Å². The molecule has 120 valence electrons. The maximum Gasteiger partial charge on any atom is 0.331 e. The summed E-state index contributed by atoms with van der Waals surface area (Å²) in [7, 11) is 0. The molecule has 2 unspecified atom stereocenters. The molecule has 0 bridgehead atoms. The Hall–Kier alpha value is -1.95. The van der Waals surface area contributed by atoms with Crippen LogP contribution >= 0.6 is 15.9 Å². The second-order valence-electron chi connectivity index (χ2n) is 5.54. The summed E-state index contributed by atoms with van der Waals surface area (Å²) >= 11 is 3.46. The van der Waals surface area contributed by atoms with Crippen molar-refractivity contribution in [3.8, 4) is 0 Å². The highest BCUT2D eigenvalue weighted by Gasteiger charge is 2.35. The first-order valence-electron chi connectivity index (χ1n) is 7.59. The highest BCUT2D eigenvalue weighted by atomic mass is 79.9. The van der Waals surface area contributed by atoms with E-state index in [1.165, 1.54) is 5.56 Å². The minimum absolute atomic E-state index is 0.00167. The van der Waals surface area contributed by atoms with Crippen molar-refractivity contribution in [1.29, 1.82) is 0 Å². The lowest BCUT2D eigenvalue weighted by atomic mass is 9.95. The highest BCUT2D eigenvalue weighted by Crippen LogP contribution is 2.34. The number of nitrogens with zero attached hydrogens (tertiary/aromatic N) is 3. The van der Waals surface area contributed by atoms with Crippen LogP contribution in [0.2, 0.25) is 0 Å². The highest BCUT2D eigenvalue weighted by molar-refractivity contribution is 9.12. The number of halogens is 1. The molecule has 6 heteroatoms. The molecule has 23 heavy (non-hydrogen) atoms. The molecule has 0 amide bonds. The maximum absolute atomic E-state index is 12.2. The largest absolute Gasteiger partial charge is 0.464 e. The molecule has 2 atom stereocenters. The van der Waals surface area contributed by atoms with E-state index in [0.717, 1.165) is 10.0 Å². The number of hydrogen-bond donors (Lipinski definition) is 0. The molecule has 2 heterocycles. The van der Waals surface area contributed by atoms with Crippen LogP contribution in [0.1, 0.15) is 30.5 Å². The van der Waals surface area contributed by atoms with Crippen molar-refractivity contribution >= 4 is 34.1 Å². The lowest BCUT2D eigenvalue weighted by Crippen LogP contribution is -2.41. The SMILES string of the molecule is CCOC(=O)C1CC(c2cccc(C)c2)N2C=C(Br)C=NC2=N1.